The Morgan fingerprint density at radius 2 is 1.49 bits per heavy atom. The molecule has 0 saturated carbocycles. The summed E-state index contributed by atoms with van der Waals surface area (Å²) in [4.78, 5) is 17.0. The Hall–Kier alpha value is -3.35. The molecular formula is C31H35NO4S. The van der Waals surface area contributed by atoms with Crippen molar-refractivity contribution in [2.24, 2.45) is 0 Å². The number of benzene rings is 3. The lowest BCUT2D eigenvalue weighted by atomic mass is 9.97. The zero-order chi connectivity index (χ0) is 26.2. The Morgan fingerprint density at radius 1 is 0.838 bits per heavy atom. The van der Waals surface area contributed by atoms with Gasteiger partial charge < -0.3 is 14.9 Å². The summed E-state index contributed by atoms with van der Waals surface area (Å²) >= 11 is 1.46. The maximum Gasteiger partial charge on any atom is 0.195 e. The number of carbonyl (C=O) groups is 1. The van der Waals surface area contributed by atoms with Crippen LogP contribution in [-0.4, -0.2) is 47.1 Å². The van der Waals surface area contributed by atoms with E-state index in [9.17, 15) is 15.0 Å². The van der Waals surface area contributed by atoms with Crippen LogP contribution in [0.3, 0.4) is 0 Å². The summed E-state index contributed by atoms with van der Waals surface area (Å²) < 4.78 is 6.84. The number of phenols is 2. The largest absolute Gasteiger partial charge is 0.508 e. The predicted octanol–water partition coefficient (Wildman–Crippen LogP) is 7.49. The molecule has 194 valence electrons. The Balaban J connectivity index is 1.52. The van der Waals surface area contributed by atoms with Crippen molar-refractivity contribution in [3.05, 3.63) is 77.9 Å². The van der Waals surface area contributed by atoms with Gasteiger partial charge in [-0.25, -0.2) is 0 Å². The molecule has 0 bridgehead atoms. The van der Waals surface area contributed by atoms with E-state index < -0.39 is 0 Å². The lowest BCUT2D eigenvalue weighted by molar-refractivity contribution is 0.104. The normalized spacial score (nSPS) is 11.3. The van der Waals surface area contributed by atoms with Crippen molar-refractivity contribution in [1.82, 2.24) is 4.90 Å². The number of aromatic hydroxyl groups is 2. The van der Waals surface area contributed by atoms with Crippen LogP contribution >= 0.6 is 11.3 Å². The second-order valence-electron chi connectivity index (χ2n) is 9.28. The number of hydrogen-bond acceptors (Lipinski definition) is 6. The summed E-state index contributed by atoms with van der Waals surface area (Å²) in [5.41, 5.74) is 2.02. The minimum absolute atomic E-state index is 0.0862. The smallest absolute Gasteiger partial charge is 0.195 e. The monoisotopic (exact) mass is 517 g/mol. The summed E-state index contributed by atoms with van der Waals surface area (Å²) in [6.07, 6.45) is 4.77. The van der Waals surface area contributed by atoms with Gasteiger partial charge in [0.25, 0.3) is 0 Å². The molecule has 0 fully saturated rings. The third-order valence-corrected chi connectivity index (χ3v) is 7.68. The highest BCUT2D eigenvalue weighted by molar-refractivity contribution is 7.22. The van der Waals surface area contributed by atoms with Crippen LogP contribution in [0.25, 0.3) is 20.5 Å². The standard InChI is InChI=1S/C31H35NO4S/c1-3-5-17-32(18-6-4-2)19-20-36-26-14-9-22(10-15-26)30(35)29-27-16-13-25(34)21-28(27)37-31(29)23-7-11-24(33)12-8-23/h7-16,21,33-34H,3-6,17-20H2,1-2H3. The van der Waals surface area contributed by atoms with E-state index in [1.165, 1.54) is 37.0 Å². The van der Waals surface area contributed by atoms with Gasteiger partial charge in [-0.2, -0.15) is 0 Å². The van der Waals surface area contributed by atoms with Gasteiger partial charge in [0.1, 0.15) is 23.9 Å². The van der Waals surface area contributed by atoms with Gasteiger partial charge in [0, 0.05) is 32.6 Å². The van der Waals surface area contributed by atoms with Crippen LogP contribution in [-0.2, 0) is 0 Å². The number of rotatable bonds is 13. The molecule has 0 aliphatic rings. The summed E-state index contributed by atoms with van der Waals surface area (Å²) in [6, 6.07) is 19.3. The van der Waals surface area contributed by atoms with Crippen molar-refractivity contribution in [3.8, 4) is 27.7 Å². The lowest BCUT2D eigenvalue weighted by Gasteiger charge is -2.22. The highest BCUT2D eigenvalue weighted by Crippen LogP contribution is 2.41. The van der Waals surface area contributed by atoms with Crippen LogP contribution in [0.15, 0.2) is 66.7 Å². The molecule has 0 unspecified atom stereocenters. The van der Waals surface area contributed by atoms with E-state index >= 15 is 0 Å². The highest BCUT2D eigenvalue weighted by atomic mass is 32.1. The molecule has 0 aliphatic carbocycles. The van der Waals surface area contributed by atoms with Crippen molar-refractivity contribution in [2.75, 3.05) is 26.2 Å². The number of nitrogens with zero attached hydrogens (tertiary/aromatic N) is 1. The predicted molar refractivity (Wildman–Crippen MR) is 152 cm³/mol. The van der Waals surface area contributed by atoms with Gasteiger partial charge >= 0.3 is 0 Å². The van der Waals surface area contributed by atoms with Crippen LogP contribution in [0.5, 0.6) is 17.2 Å². The molecule has 0 saturated heterocycles. The maximum absolute atomic E-state index is 13.7. The van der Waals surface area contributed by atoms with E-state index in [2.05, 4.69) is 18.7 Å². The molecule has 2 N–H and O–H groups in total. The molecule has 6 heteroatoms. The molecule has 0 atom stereocenters. The molecule has 1 aromatic heterocycles. The minimum atomic E-state index is -0.0862. The molecule has 1 heterocycles. The Labute approximate surface area is 223 Å². The molecule has 4 rings (SSSR count). The molecule has 0 spiro atoms. The summed E-state index contributed by atoms with van der Waals surface area (Å²) in [7, 11) is 0. The quantitative estimate of drug-likeness (QED) is 0.180. The van der Waals surface area contributed by atoms with Crippen LogP contribution in [0.4, 0.5) is 0 Å². The SMILES string of the molecule is CCCCN(CCCC)CCOc1ccc(C(=O)c2c(-c3ccc(O)cc3)sc3cc(O)ccc23)cc1. The Bertz CT molecular complexity index is 1300. The molecule has 3 aromatic carbocycles. The average Bonchev–Trinajstić information content (AvgIpc) is 3.28. The van der Waals surface area contributed by atoms with Gasteiger partial charge in [0.15, 0.2) is 5.78 Å². The zero-order valence-electron chi connectivity index (χ0n) is 21.6. The number of hydrogen-bond donors (Lipinski definition) is 2. The van der Waals surface area contributed by atoms with Gasteiger partial charge in [-0.05, 0) is 98.2 Å². The van der Waals surface area contributed by atoms with Crippen LogP contribution < -0.4 is 4.74 Å². The first-order chi connectivity index (χ1) is 18.0. The molecular weight excluding hydrogens is 482 g/mol. The summed E-state index contributed by atoms with van der Waals surface area (Å²) in [6.45, 7) is 8.14. The topological polar surface area (TPSA) is 70.0 Å². The summed E-state index contributed by atoms with van der Waals surface area (Å²) in [5, 5.41) is 20.5. The number of ether oxygens (including phenoxy) is 1. The van der Waals surface area contributed by atoms with E-state index in [1.807, 2.05) is 24.3 Å². The first-order valence-electron chi connectivity index (χ1n) is 13.0. The number of thiophene rings is 1. The second kappa shape index (κ2) is 12.7. The van der Waals surface area contributed by atoms with Crippen molar-refractivity contribution in [3.63, 3.8) is 0 Å². The van der Waals surface area contributed by atoms with Gasteiger partial charge in [0.2, 0.25) is 0 Å². The number of unbranched alkanes of at least 4 members (excludes halogenated alkanes) is 2. The summed E-state index contributed by atoms with van der Waals surface area (Å²) in [5.74, 6) is 0.998. The van der Waals surface area contributed by atoms with Gasteiger partial charge in [-0.3, -0.25) is 9.69 Å². The van der Waals surface area contributed by atoms with E-state index in [-0.39, 0.29) is 17.3 Å². The fraction of sp³-hybridized carbons (Fsp3) is 0.323. The van der Waals surface area contributed by atoms with E-state index in [1.54, 1.807) is 42.5 Å². The fourth-order valence-corrected chi connectivity index (χ4v) is 5.60. The molecule has 0 aliphatic heterocycles. The van der Waals surface area contributed by atoms with Crippen molar-refractivity contribution < 1.29 is 19.7 Å². The van der Waals surface area contributed by atoms with Crippen LogP contribution in [0.2, 0.25) is 0 Å². The lowest BCUT2D eigenvalue weighted by Crippen LogP contribution is -2.30. The molecule has 37 heavy (non-hydrogen) atoms. The van der Waals surface area contributed by atoms with Crippen molar-refractivity contribution >= 4 is 27.2 Å². The Kier molecular flexibility index (Phi) is 9.20. The van der Waals surface area contributed by atoms with E-state index in [0.29, 0.717) is 17.7 Å². The second-order valence-corrected chi connectivity index (χ2v) is 10.3. The van der Waals surface area contributed by atoms with Gasteiger partial charge in [-0.1, -0.05) is 26.7 Å². The Morgan fingerprint density at radius 3 is 2.14 bits per heavy atom. The van der Waals surface area contributed by atoms with E-state index in [4.69, 9.17) is 4.74 Å². The first-order valence-corrected chi connectivity index (χ1v) is 13.9. The van der Waals surface area contributed by atoms with Crippen LogP contribution in [0, 0.1) is 0 Å². The van der Waals surface area contributed by atoms with Crippen LogP contribution in [0.1, 0.15) is 55.5 Å². The third-order valence-electron chi connectivity index (χ3n) is 6.48. The third kappa shape index (κ3) is 6.70. The van der Waals surface area contributed by atoms with Crippen molar-refractivity contribution in [2.45, 2.75) is 39.5 Å². The van der Waals surface area contributed by atoms with Crippen molar-refractivity contribution in [1.29, 1.82) is 0 Å². The number of ketones is 1. The van der Waals surface area contributed by atoms with Gasteiger partial charge in [0.05, 0.1) is 0 Å². The van der Waals surface area contributed by atoms with Gasteiger partial charge in [-0.15, -0.1) is 11.3 Å². The number of phenolic OH excluding ortho intramolecular Hbond substituents is 2. The molecule has 4 aromatic rings. The highest BCUT2D eigenvalue weighted by Gasteiger charge is 2.22. The van der Waals surface area contributed by atoms with E-state index in [0.717, 1.165) is 45.9 Å². The molecule has 0 radical (unpaired) electrons. The maximum atomic E-state index is 13.7. The first kappa shape index (κ1) is 26.7. The minimum Gasteiger partial charge on any atom is -0.508 e. The molecule has 0 amide bonds. The number of carbonyl (C=O) groups excluding carboxylic acids is 1. The average molecular weight is 518 g/mol. The zero-order valence-corrected chi connectivity index (χ0v) is 22.4. The fourth-order valence-electron chi connectivity index (χ4n) is 4.37. The number of fused-ring (bicyclic) bond motifs is 1. The molecule has 5 nitrogen and oxygen atoms in total.